The summed E-state index contributed by atoms with van der Waals surface area (Å²) in [6.07, 6.45) is 1.93. The first-order valence-electron chi connectivity index (χ1n) is 11.4. The molecule has 0 fully saturated rings. The lowest BCUT2D eigenvalue weighted by Crippen LogP contribution is -2.23. The average Bonchev–Trinajstić information content (AvgIpc) is 3.49. The molecule has 0 spiro atoms. The van der Waals surface area contributed by atoms with Gasteiger partial charge < -0.3 is 15.6 Å². The fraction of sp³-hybridized carbons (Fsp3) is 0.111. The highest BCUT2D eigenvalue weighted by Gasteiger charge is 2.23. The number of aromatic amines is 1. The molecule has 9 heteroatoms. The number of rotatable bonds is 7. The smallest absolute Gasteiger partial charge is 0.237 e. The zero-order chi connectivity index (χ0) is 25.1. The molecule has 5 aromatic rings. The maximum absolute atomic E-state index is 13.0. The summed E-state index contributed by atoms with van der Waals surface area (Å²) < 4.78 is 1.98. The molecule has 8 nitrogen and oxygen atoms in total. The van der Waals surface area contributed by atoms with E-state index in [0.717, 1.165) is 22.2 Å². The van der Waals surface area contributed by atoms with Crippen molar-refractivity contribution in [3.8, 4) is 17.1 Å². The van der Waals surface area contributed by atoms with Gasteiger partial charge >= 0.3 is 0 Å². The maximum atomic E-state index is 13.0. The van der Waals surface area contributed by atoms with Gasteiger partial charge in [0.2, 0.25) is 11.8 Å². The van der Waals surface area contributed by atoms with Crippen LogP contribution in [0.4, 0.5) is 11.4 Å². The fourth-order valence-corrected chi connectivity index (χ4v) is 4.75. The van der Waals surface area contributed by atoms with E-state index in [-0.39, 0.29) is 11.8 Å². The number of anilines is 2. The van der Waals surface area contributed by atoms with Crippen molar-refractivity contribution in [1.29, 1.82) is 0 Å². The number of H-pyrrole nitrogens is 1. The Balaban J connectivity index is 1.41. The van der Waals surface area contributed by atoms with E-state index in [2.05, 4.69) is 25.8 Å². The predicted molar refractivity (Wildman–Crippen MR) is 143 cm³/mol. The Kier molecular flexibility index (Phi) is 6.55. The van der Waals surface area contributed by atoms with Crippen LogP contribution in [0.15, 0.2) is 90.2 Å². The SMILES string of the molecule is CC(=O)Nc1ccc(NC(=O)[C@H](C)Sc2nnc(-c3c[nH]c4ccccc34)n2-c2ccccc2)cc1. The summed E-state index contributed by atoms with van der Waals surface area (Å²) in [4.78, 5) is 27.5. The van der Waals surface area contributed by atoms with Gasteiger partial charge in [0, 0.05) is 46.6 Å². The van der Waals surface area contributed by atoms with Crippen LogP contribution in [0.25, 0.3) is 28.0 Å². The number of hydrogen-bond acceptors (Lipinski definition) is 5. The van der Waals surface area contributed by atoms with Gasteiger partial charge in [0.25, 0.3) is 0 Å². The van der Waals surface area contributed by atoms with Gasteiger partial charge in [-0.05, 0) is 49.4 Å². The number of thioether (sulfide) groups is 1. The molecule has 36 heavy (non-hydrogen) atoms. The van der Waals surface area contributed by atoms with Gasteiger partial charge in [-0.3, -0.25) is 14.2 Å². The Bertz CT molecular complexity index is 1530. The average molecular weight is 497 g/mol. The molecule has 2 aromatic heterocycles. The molecule has 0 unspecified atom stereocenters. The predicted octanol–water partition coefficient (Wildman–Crippen LogP) is 5.49. The third-order valence-electron chi connectivity index (χ3n) is 5.60. The first-order valence-corrected chi connectivity index (χ1v) is 12.3. The molecule has 3 aromatic carbocycles. The molecule has 0 radical (unpaired) electrons. The van der Waals surface area contributed by atoms with Crippen molar-refractivity contribution in [2.45, 2.75) is 24.3 Å². The van der Waals surface area contributed by atoms with Crippen LogP contribution >= 0.6 is 11.8 Å². The van der Waals surface area contributed by atoms with Gasteiger partial charge in [0.1, 0.15) is 0 Å². The number of carbonyl (C=O) groups is 2. The van der Waals surface area contributed by atoms with Crippen molar-refractivity contribution in [3.63, 3.8) is 0 Å². The van der Waals surface area contributed by atoms with Crippen LogP contribution in [0.1, 0.15) is 13.8 Å². The van der Waals surface area contributed by atoms with E-state index in [9.17, 15) is 9.59 Å². The van der Waals surface area contributed by atoms with E-state index in [0.29, 0.717) is 22.4 Å². The second-order valence-corrected chi connectivity index (χ2v) is 9.54. The molecule has 5 rings (SSSR count). The molecule has 0 saturated heterocycles. The van der Waals surface area contributed by atoms with E-state index in [4.69, 9.17) is 0 Å². The lowest BCUT2D eigenvalue weighted by molar-refractivity contribution is -0.115. The molecule has 0 saturated carbocycles. The third kappa shape index (κ3) is 4.87. The molecular weight excluding hydrogens is 472 g/mol. The van der Waals surface area contributed by atoms with Gasteiger partial charge in [0.05, 0.1) is 5.25 Å². The van der Waals surface area contributed by atoms with E-state index >= 15 is 0 Å². The van der Waals surface area contributed by atoms with Crippen LogP contribution in [0.5, 0.6) is 0 Å². The van der Waals surface area contributed by atoms with E-state index in [1.807, 2.05) is 72.3 Å². The third-order valence-corrected chi connectivity index (χ3v) is 6.64. The standard InChI is InChI=1S/C27H24N6O2S/c1-17(26(35)30-20-14-12-19(13-15-20)29-18(2)34)36-27-32-31-25(33(27)21-8-4-3-5-9-21)23-16-28-24-11-7-6-10-22(23)24/h3-17,28H,1-2H3,(H,29,34)(H,30,35)/t17-/m0/s1. The van der Waals surface area contributed by atoms with Crippen LogP contribution in [0.2, 0.25) is 0 Å². The molecule has 0 aliphatic heterocycles. The van der Waals surface area contributed by atoms with Crippen molar-refractivity contribution < 1.29 is 9.59 Å². The Morgan fingerprint density at radius 3 is 2.28 bits per heavy atom. The summed E-state index contributed by atoms with van der Waals surface area (Å²) in [6.45, 7) is 3.29. The van der Waals surface area contributed by atoms with E-state index < -0.39 is 5.25 Å². The number of nitrogens with one attached hydrogen (secondary N) is 3. The minimum atomic E-state index is -0.442. The number of para-hydroxylation sites is 2. The van der Waals surface area contributed by atoms with Crippen molar-refractivity contribution in [3.05, 3.63) is 85.1 Å². The van der Waals surface area contributed by atoms with Crippen LogP contribution in [-0.2, 0) is 9.59 Å². The van der Waals surface area contributed by atoms with Crippen LogP contribution in [-0.4, -0.2) is 36.8 Å². The monoisotopic (exact) mass is 496 g/mol. The summed E-state index contributed by atoms with van der Waals surface area (Å²) in [5, 5.41) is 15.8. The summed E-state index contributed by atoms with van der Waals surface area (Å²) in [6, 6.07) is 24.9. The normalized spacial score (nSPS) is 11.8. The molecule has 0 aliphatic rings. The largest absolute Gasteiger partial charge is 0.360 e. The van der Waals surface area contributed by atoms with Gasteiger partial charge in [-0.1, -0.05) is 48.2 Å². The molecule has 2 amide bonds. The van der Waals surface area contributed by atoms with Crippen LogP contribution in [0, 0.1) is 0 Å². The Morgan fingerprint density at radius 2 is 1.56 bits per heavy atom. The zero-order valence-corrected chi connectivity index (χ0v) is 20.5. The molecule has 180 valence electrons. The first-order chi connectivity index (χ1) is 17.5. The second-order valence-electron chi connectivity index (χ2n) is 8.23. The Labute approximate surface area is 212 Å². The zero-order valence-electron chi connectivity index (χ0n) is 19.7. The summed E-state index contributed by atoms with van der Waals surface area (Å²) in [7, 11) is 0. The topological polar surface area (TPSA) is 105 Å². The number of fused-ring (bicyclic) bond motifs is 1. The minimum absolute atomic E-state index is 0.147. The number of amides is 2. The second kappa shape index (κ2) is 10.1. The highest BCUT2D eigenvalue weighted by atomic mass is 32.2. The molecule has 2 heterocycles. The summed E-state index contributed by atoms with van der Waals surface area (Å²) in [5.74, 6) is 0.386. The fourth-order valence-electron chi connectivity index (χ4n) is 3.88. The minimum Gasteiger partial charge on any atom is -0.360 e. The van der Waals surface area contributed by atoms with Crippen LogP contribution < -0.4 is 10.6 Å². The number of aromatic nitrogens is 4. The number of nitrogens with zero attached hydrogens (tertiary/aromatic N) is 3. The highest BCUT2D eigenvalue weighted by Crippen LogP contribution is 2.33. The quantitative estimate of drug-likeness (QED) is 0.258. The van der Waals surface area contributed by atoms with Crippen molar-refractivity contribution in [1.82, 2.24) is 19.7 Å². The highest BCUT2D eigenvalue weighted by molar-refractivity contribution is 8.00. The van der Waals surface area contributed by atoms with Gasteiger partial charge in [0.15, 0.2) is 11.0 Å². The van der Waals surface area contributed by atoms with Gasteiger partial charge in [-0.2, -0.15) is 0 Å². The van der Waals surface area contributed by atoms with Crippen molar-refractivity contribution in [2.75, 3.05) is 10.6 Å². The molecule has 0 bridgehead atoms. The van der Waals surface area contributed by atoms with E-state index in [1.54, 1.807) is 24.3 Å². The van der Waals surface area contributed by atoms with Gasteiger partial charge in [-0.15, -0.1) is 10.2 Å². The maximum Gasteiger partial charge on any atom is 0.237 e. The van der Waals surface area contributed by atoms with Gasteiger partial charge in [-0.25, -0.2) is 0 Å². The molecule has 1 atom stereocenters. The Hall–Kier alpha value is -4.37. The number of carbonyl (C=O) groups excluding carboxylic acids is 2. The lowest BCUT2D eigenvalue weighted by Gasteiger charge is -2.14. The molecule has 3 N–H and O–H groups in total. The Morgan fingerprint density at radius 1 is 0.889 bits per heavy atom. The molecule has 0 aliphatic carbocycles. The van der Waals surface area contributed by atoms with E-state index in [1.165, 1.54) is 18.7 Å². The first kappa shape index (κ1) is 23.4. The number of benzene rings is 3. The number of hydrogen-bond donors (Lipinski definition) is 3. The lowest BCUT2D eigenvalue weighted by atomic mass is 10.1. The summed E-state index contributed by atoms with van der Waals surface area (Å²) in [5.41, 5.74) is 4.17. The van der Waals surface area contributed by atoms with Crippen LogP contribution in [0.3, 0.4) is 0 Å². The summed E-state index contributed by atoms with van der Waals surface area (Å²) >= 11 is 1.34. The van der Waals surface area contributed by atoms with Crippen molar-refractivity contribution >= 4 is 45.9 Å². The molecular formula is C27H24N6O2S. The van der Waals surface area contributed by atoms with Crippen molar-refractivity contribution in [2.24, 2.45) is 0 Å².